The molecule has 0 spiro atoms. The van der Waals surface area contributed by atoms with Crippen molar-refractivity contribution in [1.29, 1.82) is 0 Å². The van der Waals surface area contributed by atoms with Crippen LogP contribution in [-0.2, 0) is 0 Å². The SMILES string of the molecule is CCCCCOc1ccc(C(=O)Nc2ccccc2C(=O)NCC)cc1. The van der Waals surface area contributed by atoms with Gasteiger partial charge < -0.3 is 15.4 Å². The predicted octanol–water partition coefficient (Wildman–Crippen LogP) is 4.26. The van der Waals surface area contributed by atoms with Gasteiger partial charge in [-0.25, -0.2) is 0 Å². The first-order valence-corrected chi connectivity index (χ1v) is 9.07. The Hall–Kier alpha value is -2.82. The van der Waals surface area contributed by atoms with Gasteiger partial charge in [0.1, 0.15) is 5.75 Å². The Morgan fingerprint density at radius 1 is 0.923 bits per heavy atom. The summed E-state index contributed by atoms with van der Waals surface area (Å²) in [6.45, 7) is 5.21. The van der Waals surface area contributed by atoms with E-state index in [1.165, 1.54) is 0 Å². The summed E-state index contributed by atoms with van der Waals surface area (Å²) in [6.07, 6.45) is 3.32. The summed E-state index contributed by atoms with van der Waals surface area (Å²) >= 11 is 0. The summed E-state index contributed by atoms with van der Waals surface area (Å²) in [6, 6.07) is 14.0. The van der Waals surface area contributed by atoms with Crippen molar-refractivity contribution in [2.75, 3.05) is 18.5 Å². The number of carbonyl (C=O) groups excluding carboxylic acids is 2. The molecule has 0 aliphatic heterocycles. The lowest BCUT2D eigenvalue weighted by Crippen LogP contribution is -2.24. The quantitative estimate of drug-likeness (QED) is 0.661. The summed E-state index contributed by atoms with van der Waals surface area (Å²) < 4.78 is 5.65. The first-order chi connectivity index (χ1) is 12.7. The van der Waals surface area contributed by atoms with Crippen LogP contribution >= 0.6 is 0 Å². The van der Waals surface area contributed by atoms with Crippen molar-refractivity contribution in [2.24, 2.45) is 0 Å². The maximum absolute atomic E-state index is 12.5. The largest absolute Gasteiger partial charge is 0.494 e. The molecule has 138 valence electrons. The van der Waals surface area contributed by atoms with Gasteiger partial charge in [0.25, 0.3) is 11.8 Å². The second kappa shape index (κ2) is 10.2. The van der Waals surface area contributed by atoms with Crippen molar-refractivity contribution < 1.29 is 14.3 Å². The minimum atomic E-state index is -0.265. The monoisotopic (exact) mass is 354 g/mol. The minimum absolute atomic E-state index is 0.209. The molecule has 2 rings (SSSR count). The highest BCUT2D eigenvalue weighted by Gasteiger charge is 2.13. The van der Waals surface area contributed by atoms with Crippen LogP contribution in [0.5, 0.6) is 5.75 Å². The molecule has 2 aromatic rings. The molecule has 2 aromatic carbocycles. The summed E-state index contributed by atoms with van der Waals surface area (Å²) in [5, 5.41) is 5.55. The van der Waals surface area contributed by atoms with E-state index in [1.54, 1.807) is 48.5 Å². The Labute approximate surface area is 154 Å². The van der Waals surface area contributed by atoms with Crippen molar-refractivity contribution in [3.63, 3.8) is 0 Å². The number of hydrogen-bond acceptors (Lipinski definition) is 3. The number of anilines is 1. The molecule has 26 heavy (non-hydrogen) atoms. The molecule has 0 saturated carbocycles. The second-order valence-electron chi connectivity index (χ2n) is 5.94. The number of unbranched alkanes of at least 4 members (excludes halogenated alkanes) is 2. The van der Waals surface area contributed by atoms with Crippen molar-refractivity contribution in [1.82, 2.24) is 5.32 Å². The lowest BCUT2D eigenvalue weighted by Gasteiger charge is -2.11. The van der Waals surface area contributed by atoms with Gasteiger partial charge in [-0.05, 0) is 49.7 Å². The van der Waals surface area contributed by atoms with Crippen molar-refractivity contribution in [3.8, 4) is 5.75 Å². The molecule has 2 amide bonds. The van der Waals surface area contributed by atoms with Gasteiger partial charge in [-0.1, -0.05) is 31.9 Å². The molecule has 0 aromatic heterocycles. The van der Waals surface area contributed by atoms with Crippen LogP contribution < -0.4 is 15.4 Å². The van der Waals surface area contributed by atoms with Crippen LogP contribution in [0.3, 0.4) is 0 Å². The number of rotatable bonds is 9. The zero-order valence-electron chi connectivity index (χ0n) is 15.4. The zero-order valence-corrected chi connectivity index (χ0v) is 15.4. The Balaban J connectivity index is 2.01. The highest BCUT2D eigenvalue weighted by molar-refractivity contribution is 6.09. The normalized spacial score (nSPS) is 10.2. The summed E-state index contributed by atoms with van der Waals surface area (Å²) in [5.41, 5.74) is 1.44. The Morgan fingerprint density at radius 3 is 2.35 bits per heavy atom. The minimum Gasteiger partial charge on any atom is -0.494 e. The number of hydrogen-bond donors (Lipinski definition) is 2. The number of benzene rings is 2. The molecule has 0 unspecified atom stereocenters. The number of para-hydroxylation sites is 1. The Kier molecular flexibility index (Phi) is 7.68. The highest BCUT2D eigenvalue weighted by Crippen LogP contribution is 2.18. The average Bonchev–Trinajstić information content (AvgIpc) is 2.66. The number of amides is 2. The highest BCUT2D eigenvalue weighted by atomic mass is 16.5. The Bertz CT molecular complexity index is 726. The van der Waals surface area contributed by atoms with E-state index in [0.29, 0.717) is 30.0 Å². The van der Waals surface area contributed by atoms with E-state index in [-0.39, 0.29) is 11.8 Å². The maximum Gasteiger partial charge on any atom is 0.255 e. The topological polar surface area (TPSA) is 67.4 Å². The lowest BCUT2D eigenvalue weighted by atomic mass is 10.1. The molecule has 0 heterocycles. The zero-order chi connectivity index (χ0) is 18.8. The van der Waals surface area contributed by atoms with E-state index in [4.69, 9.17) is 4.74 Å². The standard InChI is InChI=1S/C21H26N2O3/c1-3-5-8-15-26-17-13-11-16(12-14-17)20(24)23-19-10-7-6-9-18(19)21(25)22-4-2/h6-7,9-14H,3-5,8,15H2,1-2H3,(H,22,25)(H,23,24). The van der Waals surface area contributed by atoms with Crippen LogP contribution in [0, 0.1) is 0 Å². The third-order valence-corrected chi connectivity index (χ3v) is 3.89. The van der Waals surface area contributed by atoms with Gasteiger partial charge in [0.15, 0.2) is 0 Å². The molecule has 5 heteroatoms. The van der Waals surface area contributed by atoms with E-state index in [2.05, 4.69) is 17.6 Å². The first-order valence-electron chi connectivity index (χ1n) is 9.07. The molecule has 0 atom stereocenters. The maximum atomic E-state index is 12.5. The molecule has 0 bridgehead atoms. The van der Waals surface area contributed by atoms with Gasteiger partial charge in [-0.3, -0.25) is 9.59 Å². The second-order valence-corrected chi connectivity index (χ2v) is 5.94. The molecule has 5 nitrogen and oxygen atoms in total. The van der Waals surface area contributed by atoms with Crippen LogP contribution in [0.25, 0.3) is 0 Å². The number of ether oxygens (including phenoxy) is 1. The van der Waals surface area contributed by atoms with E-state index < -0.39 is 0 Å². The summed E-state index contributed by atoms with van der Waals surface area (Å²) in [7, 11) is 0. The van der Waals surface area contributed by atoms with Crippen molar-refractivity contribution >= 4 is 17.5 Å². The van der Waals surface area contributed by atoms with E-state index in [9.17, 15) is 9.59 Å². The molecule has 0 aliphatic rings. The molecule has 2 N–H and O–H groups in total. The molecule has 0 saturated heterocycles. The van der Waals surface area contributed by atoms with E-state index >= 15 is 0 Å². The fourth-order valence-electron chi connectivity index (χ4n) is 2.49. The van der Waals surface area contributed by atoms with Crippen LogP contribution in [0.4, 0.5) is 5.69 Å². The van der Waals surface area contributed by atoms with Crippen molar-refractivity contribution in [2.45, 2.75) is 33.1 Å². The fourth-order valence-corrected chi connectivity index (χ4v) is 2.49. The predicted molar refractivity (Wildman–Crippen MR) is 104 cm³/mol. The van der Waals surface area contributed by atoms with Crippen LogP contribution in [0.2, 0.25) is 0 Å². The van der Waals surface area contributed by atoms with Gasteiger partial charge in [0, 0.05) is 12.1 Å². The third-order valence-electron chi connectivity index (χ3n) is 3.89. The fraction of sp³-hybridized carbons (Fsp3) is 0.333. The lowest BCUT2D eigenvalue weighted by molar-refractivity contribution is 0.0956. The molecule has 0 aliphatic carbocycles. The van der Waals surface area contributed by atoms with E-state index in [1.807, 2.05) is 6.92 Å². The summed E-state index contributed by atoms with van der Waals surface area (Å²) in [4.78, 5) is 24.6. The molecule has 0 fully saturated rings. The smallest absolute Gasteiger partial charge is 0.255 e. The molecule has 0 radical (unpaired) electrons. The van der Waals surface area contributed by atoms with Crippen molar-refractivity contribution in [3.05, 3.63) is 59.7 Å². The first kappa shape index (κ1) is 19.5. The number of carbonyl (C=O) groups is 2. The van der Waals surface area contributed by atoms with E-state index in [0.717, 1.165) is 25.0 Å². The Morgan fingerprint density at radius 2 is 1.65 bits per heavy atom. The number of nitrogens with one attached hydrogen (secondary N) is 2. The van der Waals surface area contributed by atoms with Crippen LogP contribution in [-0.4, -0.2) is 25.0 Å². The van der Waals surface area contributed by atoms with Gasteiger partial charge in [0.05, 0.1) is 17.9 Å². The van der Waals surface area contributed by atoms with Crippen LogP contribution in [0.1, 0.15) is 53.8 Å². The molecular weight excluding hydrogens is 328 g/mol. The van der Waals surface area contributed by atoms with Gasteiger partial charge in [-0.15, -0.1) is 0 Å². The van der Waals surface area contributed by atoms with Gasteiger partial charge in [-0.2, -0.15) is 0 Å². The third kappa shape index (κ3) is 5.62. The summed E-state index contributed by atoms with van der Waals surface area (Å²) in [5.74, 6) is 0.277. The average molecular weight is 354 g/mol. The van der Waals surface area contributed by atoms with Gasteiger partial charge >= 0.3 is 0 Å². The van der Waals surface area contributed by atoms with Crippen LogP contribution in [0.15, 0.2) is 48.5 Å². The molecular formula is C21H26N2O3. The van der Waals surface area contributed by atoms with Gasteiger partial charge in [0.2, 0.25) is 0 Å².